The molecule has 2 rings (SSSR count). The van der Waals surface area contributed by atoms with Crippen LogP contribution in [-0.2, 0) is 0 Å². The summed E-state index contributed by atoms with van der Waals surface area (Å²) in [6.07, 6.45) is 3.55. The zero-order valence-corrected chi connectivity index (χ0v) is 11.4. The minimum atomic E-state index is -0.201. The smallest absolute Gasteiger partial charge is 0.149 e. The Balaban J connectivity index is 2.38. The number of aryl methyl sites for hydroxylation is 2. The maximum absolute atomic E-state index is 13.7. The number of nitrogens with one attached hydrogen (secondary N) is 1. The van der Waals surface area contributed by atoms with Gasteiger partial charge >= 0.3 is 0 Å². The molecule has 1 atom stereocenters. The van der Waals surface area contributed by atoms with Crippen LogP contribution in [0, 0.1) is 19.7 Å². The predicted molar refractivity (Wildman–Crippen MR) is 73.4 cm³/mol. The molecule has 0 saturated carbocycles. The Morgan fingerprint density at radius 3 is 2.47 bits per heavy atom. The van der Waals surface area contributed by atoms with E-state index < -0.39 is 0 Å². The Labute approximate surface area is 112 Å². The molecule has 100 valence electrons. The van der Waals surface area contributed by atoms with Crippen LogP contribution in [0.1, 0.15) is 35.5 Å². The average molecular weight is 259 g/mol. The molecule has 0 bridgehead atoms. The largest absolute Gasteiger partial charge is 0.304 e. The fourth-order valence-corrected chi connectivity index (χ4v) is 1.90. The Bertz CT molecular complexity index is 552. The van der Waals surface area contributed by atoms with Crippen molar-refractivity contribution in [1.29, 1.82) is 0 Å². The zero-order chi connectivity index (χ0) is 13.8. The highest BCUT2D eigenvalue weighted by molar-refractivity contribution is 5.29. The van der Waals surface area contributed by atoms with Gasteiger partial charge in [0.25, 0.3) is 0 Å². The fraction of sp³-hybridized carbons (Fsp3) is 0.333. The molecule has 1 aromatic heterocycles. The van der Waals surface area contributed by atoms with E-state index in [1.807, 2.05) is 19.9 Å². The quantitative estimate of drug-likeness (QED) is 0.917. The van der Waals surface area contributed by atoms with Gasteiger partial charge in [-0.25, -0.2) is 14.4 Å². The number of nitrogens with zero attached hydrogens (tertiary/aromatic N) is 2. The summed E-state index contributed by atoms with van der Waals surface area (Å²) in [7, 11) is 0. The summed E-state index contributed by atoms with van der Waals surface area (Å²) in [5.74, 6) is 0.461. The molecule has 0 aliphatic rings. The van der Waals surface area contributed by atoms with Gasteiger partial charge in [0.05, 0.1) is 6.04 Å². The molecule has 1 unspecified atom stereocenters. The molecule has 0 radical (unpaired) electrons. The number of aromatic nitrogens is 2. The van der Waals surface area contributed by atoms with Crippen LogP contribution in [0.5, 0.6) is 0 Å². The van der Waals surface area contributed by atoms with Crippen molar-refractivity contribution in [2.75, 3.05) is 6.54 Å². The average Bonchev–Trinajstić information content (AvgIpc) is 2.41. The molecule has 0 saturated heterocycles. The maximum Gasteiger partial charge on any atom is 0.149 e. The summed E-state index contributed by atoms with van der Waals surface area (Å²) in [6.45, 7) is 6.46. The second-order valence-corrected chi connectivity index (χ2v) is 4.62. The third kappa shape index (κ3) is 3.15. The molecule has 2 aromatic rings. The van der Waals surface area contributed by atoms with Gasteiger partial charge in [0.2, 0.25) is 0 Å². The van der Waals surface area contributed by atoms with Crippen LogP contribution in [0.3, 0.4) is 0 Å². The molecule has 1 heterocycles. The first kappa shape index (κ1) is 13.6. The summed E-state index contributed by atoms with van der Waals surface area (Å²) in [6, 6.07) is 5.06. The number of rotatable bonds is 4. The molecule has 0 spiro atoms. The van der Waals surface area contributed by atoms with Crippen molar-refractivity contribution < 1.29 is 4.39 Å². The van der Waals surface area contributed by atoms with E-state index in [4.69, 9.17) is 0 Å². The zero-order valence-electron chi connectivity index (χ0n) is 11.4. The number of hydrogen-bond acceptors (Lipinski definition) is 3. The van der Waals surface area contributed by atoms with Crippen LogP contribution >= 0.6 is 0 Å². The molecule has 0 aliphatic carbocycles. The van der Waals surface area contributed by atoms with Crippen LogP contribution in [-0.4, -0.2) is 16.5 Å². The summed E-state index contributed by atoms with van der Waals surface area (Å²) in [4.78, 5) is 8.66. The number of benzene rings is 1. The monoisotopic (exact) mass is 259 g/mol. The van der Waals surface area contributed by atoms with Crippen molar-refractivity contribution in [1.82, 2.24) is 15.3 Å². The second-order valence-electron chi connectivity index (χ2n) is 4.62. The van der Waals surface area contributed by atoms with Gasteiger partial charge in [-0.05, 0) is 43.1 Å². The topological polar surface area (TPSA) is 37.8 Å². The van der Waals surface area contributed by atoms with E-state index in [1.165, 1.54) is 0 Å². The van der Waals surface area contributed by atoms with Gasteiger partial charge < -0.3 is 5.32 Å². The van der Waals surface area contributed by atoms with E-state index in [0.29, 0.717) is 11.4 Å². The van der Waals surface area contributed by atoms with Crippen molar-refractivity contribution >= 4 is 0 Å². The SMILES string of the molecule is CCNC(c1ccc(C)c(F)c1)c1ncc(C)cn1. The fourth-order valence-electron chi connectivity index (χ4n) is 1.90. The molecular weight excluding hydrogens is 241 g/mol. The van der Waals surface area contributed by atoms with Crippen molar-refractivity contribution in [2.45, 2.75) is 26.8 Å². The lowest BCUT2D eigenvalue weighted by atomic mass is 10.0. The van der Waals surface area contributed by atoms with Gasteiger partial charge in [-0.1, -0.05) is 19.1 Å². The molecular formula is C15H18FN3. The number of hydrogen-bond donors (Lipinski definition) is 1. The minimum Gasteiger partial charge on any atom is -0.304 e. The molecule has 4 heteroatoms. The van der Waals surface area contributed by atoms with Crippen LogP contribution < -0.4 is 5.32 Å². The van der Waals surface area contributed by atoms with Gasteiger partial charge in [0, 0.05) is 12.4 Å². The van der Waals surface area contributed by atoms with E-state index in [1.54, 1.807) is 31.5 Å². The Morgan fingerprint density at radius 1 is 1.21 bits per heavy atom. The van der Waals surface area contributed by atoms with E-state index in [2.05, 4.69) is 15.3 Å². The van der Waals surface area contributed by atoms with Gasteiger partial charge in [0.1, 0.15) is 11.6 Å². The second kappa shape index (κ2) is 5.89. The molecule has 1 aromatic carbocycles. The first-order valence-electron chi connectivity index (χ1n) is 6.39. The first-order valence-corrected chi connectivity index (χ1v) is 6.39. The molecule has 19 heavy (non-hydrogen) atoms. The normalized spacial score (nSPS) is 12.4. The van der Waals surface area contributed by atoms with Crippen LogP contribution in [0.15, 0.2) is 30.6 Å². The highest BCUT2D eigenvalue weighted by Gasteiger charge is 2.16. The van der Waals surface area contributed by atoms with Gasteiger partial charge in [0.15, 0.2) is 0 Å². The van der Waals surface area contributed by atoms with E-state index >= 15 is 0 Å². The van der Waals surface area contributed by atoms with Crippen molar-refractivity contribution in [3.63, 3.8) is 0 Å². The highest BCUT2D eigenvalue weighted by atomic mass is 19.1. The van der Waals surface area contributed by atoms with Crippen molar-refractivity contribution in [3.8, 4) is 0 Å². The Morgan fingerprint density at radius 2 is 1.89 bits per heavy atom. The van der Waals surface area contributed by atoms with E-state index in [9.17, 15) is 4.39 Å². The lowest BCUT2D eigenvalue weighted by Gasteiger charge is -2.17. The Kier molecular flexibility index (Phi) is 4.22. The van der Waals surface area contributed by atoms with E-state index in [0.717, 1.165) is 17.7 Å². The molecule has 0 amide bonds. The van der Waals surface area contributed by atoms with Crippen molar-refractivity contribution in [2.24, 2.45) is 0 Å². The molecule has 0 fully saturated rings. The lowest BCUT2D eigenvalue weighted by Crippen LogP contribution is -2.24. The standard InChI is InChI=1S/C15H18FN3/c1-4-17-14(15-18-8-10(2)9-19-15)12-6-5-11(3)13(16)7-12/h5-9,14,17H,4H2,1-3H3. The third-order valence-corrected chi connectivity index (χ3v) is 3.00. The summed E-state index contributed by atoms with van der Waals surface area (Å²) in [5, 5.41) is 3.29. The predicted octanol–water partition coefficient (Wildman–Crippen LogP) is 2.93. The van der Waals surface area contributed by atoms with Crippen LogP contribution in [0.25, 0.3) is 0 Å². The van der Waals surface area contributed by atoms with Crippen LogP contribution in [0.2, 0.25) is 0 Å². The van der Waals surface area contributed by atoms with Gasteiger partial charge in [-0.3, -0.25) is 0 Å². The molecule has 3 nitrogen and oxygen atoms in total. The summed E-state index contributed by atoms with van der Waals surface area (Å²) < 4.78 is 13.7. The summed E-state index contributed by atoms with van der Waals surface area (Å²) >= 11 is 0. The van der Waals surface area contributed by atoms with Gasteiger partial charge in [-0.2, -0.15) is 0 Å². The maximum atomic E-state index is 13.7. The van der Waals surface area contributed by atoms with Crippen LogP contribution in [0.4, 0.5) is 4.39 Å². The number of halogens is 1. The summed E-state index contributed by atoms with van der Waals surface area (Å²) in [5.41, 5.74) is 2.49. The third-order valence-electron chi connectivity index (χ3n) is 3.00. The van der Waals surface area contributed by atoms with Crippen molar-refractivity contribution in [3.05, 3.63) is 58.9 Å². The first-order chi connectivity index (χ1) is 9.11. The lowest BCUT2D eigenvalue weighted by molar-refractivity contribution is 0.580. The molecule has 0 aliphatic heterocycles. The Hall–Kier alpha value is -1.81. The van der Waals surface area contributed by atoms with E-state index in [-0.39, 0.29) is 11.9 Å². The molecule has 1 N–H and O–H groups in total. The highest BCUT2D eigenvalue weighted by Crippen LogP contribution is 2.21. The minimum absolute atomic E-state index is 0.180. The van der Waals surface area contributed by atoms with Gasteiger partial charge in [-0.15, -0.1) is 0 Å².